The molecule has 1 saturated heterocycles. The van der Waals surface area contributed by atoms with Crippen LogP contribution in [0.1, 0.15) is 19.8 Å². The first kappa shape index (κ1) is 16.5. The maximum atomic E-state index is 12.4. The Balaban J connectivity index is 2.04. The van der Waals surface area contributed by atoms with Crippen LogP contribution < -0.4 is 5.32 Å². The van der Waals surface area contributed by atoms with Crippen molar-refractivity contribution in [1.29, 1.82) is 0 Å². The predicted molar refractivity (Wildman–Crippen MR) is 88.2 cm³/mol. The SMILES string of the molecule is CSc1ccc(NC(=O)N2CC(CO)CCC2C)cc1Cl. The van der Waals surface area contributed by atoms with Crippen molar-refractivity contribution in [3.8, 4) is 0 Å². The number of carbonyl (C=O) groups excluding carboxylic acids is 1. The number of hydrogen-bond acceptors (Lipinski definition) is 3. The molecule has 1 aromatic carbocycles. The molecular weight excluding hydrogens is 308 g/mol. The molecule has 1 aliphatic heterocycles. The Kier molecular flexibility index (Phi) is 5.79. The molecule has 0 aliphatic carbocycles. The molecule has 2 rings (SSSR count). The van der Waals surface area contributed by atoms with Gasteiger partial charge in [-0.1, -0.05) is 11.6 Å². The van der Waals surface area contributed by atoms with Gasteiger partial charge in [0.25, 0.3) is 0 Å². The molecule has 1 fully saturated rings. The first-order valence-electron chi connectivity index (χ1n) is 7.07. The molecule has 0 spiro atoms. The molecule has 2 N–H and O–H groups in total. The Hall–Kier alpha value is -0.910. The Morgan fingerprint density at radius 1 is 1.52 bits per heavy atom. The number of halogens is 1. The molecule has 21 heavy (non-hydrogen) atoms. The number of aliphatic hydroxyl groups excluding tert-OH is 1. The molecule has 0 saturated carbocycles. The number of aliphatic hydroxyl groups is 1. The van der Waals surface area contributed by atoms with Crippen molar-refractivity contribution in [1.82, 2.24) is 4.90 Å². The zero-order valence-electron chi connectivity index (χ0n) is 12.3. The topological polar surface area (TPSA) is 52.6 Å². The van der Waals surface area contributed by atoms with Gasteiger partial charge >= 0.3 is 6.03 Å². The van der Waals surface area contributed by atoms with Crippen LogP contribution in [0.5, 0.6) is 0 Å². The van der Waals surface area contributed by atoms with Crippen molar-refractivity contribution in [2.45, 2.75) is 30.7 Å². The molecule has 6 heteroatoms. The van der Waals surface area contributed by atoms with E-state index in [0.717, 1.165) is 17.7 Å². The summed E-state index contributed by atoms with van der Waals surface area (Å²) in [5, 5.41) is 12.8. The second-order valence-corrected chi connectivity index (χ2v) is 6.66. The molecule has 1 heterocycles. The fourth-order valence-corrected chi connectivity index (χ4v) is 3.42. The summed E-state index contributed by atoms with van der Waals surface area (Å²) < 4.78 is 0. The van der Waals surface area contributed by atoms with Gasteiger partial charge in [0.1, 0.15) is 0 Å². The van der Waals surface area contributed by atoms with E-state index in [1.54, 1.807) is 22.7 Å². The van der Waals surface area contributed by atoms with Crippen molar-refractivity contribution in [3.63, 3.8) is 0 Å². The van der Waals surface area contributed by atoms with Crippen molar-refractivity contribution < 1.29 is 9.90 Å². The fourth-order valence-electron chi connectivity index (χ4n) is 2.55. The number of rotatable bonds is 3. The summed E-state index contributed by atoms with van der Waals surface area (Å²) in [5.41, 5.74) is 0.695. The second kappa shape index (κ2) is 7.38. The van der Waals surface area contributed by atoms with Crippen LogP contribution in [0.2, 0.25) is 5.02 Å². The van der Waals surface area contributed by atoms with Crippen LogP contribution in [0.4, 0.5) is 10.5 Å². The Morgan fingerprint density at radius 2 is 2.29 bits per heavy atom. The van der Waals surface area contributed by atoms with Crippen LogP contribution >= 0.6 is 23.4 Å². The highest BCUT2D eigenvalue weighted by Gasteiger charge is 2.28. The third-order valence-electron chi connectivity index (χ3n) is 3.90. The van der Waals surface area contributed by atoms with Crippen molar-refractivity contribution in [2.24, 2.45) is 5.92 Å². The molecule has 4 nitrogen and oxygen atoms in total. The highest BCUT2D eigenvalue weighted by Crippen LogP contribution is 2.28. The number of nitrogens with one attached hydrogen (secondary N) is 1. The summed E-state index contributed by atoms with van der Waals surface area (Å²) in [6.45, 7) is 2.77. The molecule has 0 aromatic heterocycles. The quantitative estimate of drug-likeness (QED) is 0.832. The highest BCUT2D eigenvalue weighted by molar-refractivity contribution is 7.98. The maximum absolute atomic E-state index is 12.4. The summed E-state index contributed by atoms with van der Waals surface area (Å²) in [5.74, 6) is 0.175. The van der Waals surface area contributed by atoms with Gasteiger partial charge < -0.3 is 15.3 Å². The summed E-state index contributed by atoms with van der Waals surface area (Å²) in [4.78, 5) is 15.2. The number of anilines is 1. The predicted octanol–water partition coefficient (Wildman–Crippen LogP) is 3.69. The van der Waals surface area contributed by atoms with E-state index in [9.17, 15) is 9.90 Å². The first-order valence-corrected chi connectivity index (χ1v) is 8.67. The minimum atomic E-state index is -0.131. The van der Waals surface area contributed by atoms with Crippen molar-refractivity contribution in [3.05, 3.63) is 23.2 Å². The number of carbonyl (C=O) groups is 1. The monoisotopic (exact) mass is 328 g/mol. The van der Waals surface area contributed by atoms with Gasteiger partial charge in [-0.15, -0.1) is 11.8 Å². The van der Waals surface area contributed by atoms with Crippen molar-refractivity contribution >= 4 is 35.1 Å². The molecule has 2 atom stereocenters. The number of urea groups is 1. The Labute approximate surface area is 134 Å². The standard InChI is InChI=1S/C15H21ClN2O2S/c1-10-3-4-11(9-19)8-18(10)15(20)17-12-5-6-14(21-2)13(16)7-12/h5-7,10-11,19H,3-4,8-9H2,1-2H3,(H,17,20). The van der Waals surface area contributed by atoms with Gasteiger partial charge in [0.15, 0.2) is 0 Å². The Morgan fingerprint density at radius 3 is 2.90 bits per heavy atom. The smallest absolute Gasteiger partial charge is 0.322 e. The number of nitrogens with zero attached hydrogens (tertiary/aromatic N) is 1. The molecule has 116 valence electrons. The van der Waals surface area contributed by atoms with E-state index >= 15 is 0 Å². The third kappa shape index (κ3) is 4.05. The summed E-state index contributed by atoms with van der Waals surface area (Å²) in [6, 6.07) is 5.58. The lowest BCUT2D eigenvalue weighted by Gasteiger charge is -2.37. The zero-order valence-corrected chi connectivity index (χ0v) is 13.9. The van der Waals surface area contributed by atoms with E-state index in [4.69, 9.17) is 11.6 Å². The molecule has 0 bridgehead atoms. The molecule has 2 amide bonds. The van der Waals surface area contributed by atoms with E-state index in [2.05, 4.69) is 5.32 Å². The van der Waals surface area contributed by atoms with Crippen LogP contribution in [0.25, 0.3) is 0 Å². The highest BCUT2D eigenvalue weighted by atomic mass is 35.5. The minimum absolute atomic E-state index is 0.130. The Bertz CT molecular complexity index is 512. The average Bonchev–Trinajstić information content (AvgIpc) is 2.48. The third-order valence-corrected chi connectivity index (χ3v) is 5.12. The first-order chi connectivity index (χ1) is 10.0. The van der Waals surface area contributed by atoms with Gasteiger partial charge in [0.2, 0.25) is 0 Å². The van der Waals surface area contributed by atoms with Gasteiger partial charge in [0, 0.05) is 29.8 Å². The van der Waals surface area contributed by atoms with Crippen molar-refractivity contribution in [2.75, 3.05) is 24.7 Å². The second-order valence-electron chi connectivity index (χ2n) is 5.41. The summed E-state index contributed by atoms with van der Waals surface area (Å²) in [6.07, 6.45) is 3.85. The van der Waals surface area contributed by atoms with Crippen LogP contribution in [0.15, 0.2) is 23.1 Å². The van der Waals surface area contributed by atoms with E-state index < -0.39 is 0 Å². The van der Waals surface area contributed by atoms with Crippen LogP contribution in [0.3, 0.4) is 0 Å². The lowest BCUT2D eigenvalue weighted by Crippen LogP contribution is -2.48. The molecule has 1 aromatic rings. The van der Waals surface area contributed by atoms with Gasteiger partial charge in [-0.3, -0.25) is 0 Å². The largest absolute Gasteiger partial charge is 0.396 e. The number of hydrogen-bond donors (Lipinski definition) is 2. The van der Waals surface area contributed by atoms with E-state index in [-0.39, 0.29) is 24.6 Å². The van der Waals surface area contributed by atoms with Gasteiger partial charge in [-0.25, -0.2) is 4.79 Å². The normalized spacial score (nSPS) is 22.2. The molecule has 2 unspecified atom stereocenters. The van der Waals surface area contributed by atoms with Gasteiger partial charge in [0.05, 0.1) is 5.02 Å². The lowest BCUT2D eigenvalue weighted by molar-refractivity contribution is 0.107. The number of benzene rings is 1. The van der Waals surface area contributed by atoms with Gasteiger partial charge in [-0.2, -0.15) is 0 Å². The average molecular weight is 329 g/mol. The van der Waals surface area contributed by atoms with Crippen LogP contribution in [-0.2, 0) is 0 Å². The fraction of sp³-hybridized carbons (Fsp3) is 0.533. The van der Waals surface area contributed by atoms with E-state index in [1.165, 1.54) is 0 Å². The van der Waals surface area contributed by atoms with E-state index in [0.29, 0.717) is 17.3 Å². The van der Waals surface area contributed by atoms with E-state index in [1.807, 2.05) is 25.3 Å². The maximum Gasteiger partial charge on any atom is 0.322 e. The molecular formula is C15H21ClN2O2S. The number of amides is 2. The minimum Gasteiger partial charge on any atom is -0.396 e. The zero-order chi connectivity index (χ0) is 15.4. The number of likely N-dealkylation sites (tertiary alicyclic amines) is 1. The number of thioether (sulfide) groups is 1. The van der Waals surface area contributed by atoms with Gasteiger partial charge in [-0.05, 0) is 50.1 Å². The summed E-state index contributed by atoms with van der Waals surface area (Å²) >= 11 is 7.73. The molecule has 0 radical (unpaired) electrons. The molecule has 1 aliphatic rings. The van der Waals surface area contributed by atoms with Crippen LogP contribution in [0, 0.1) is 5.92 Å². The lowest BCUT2D eigenvalue weighted by atomic mass is 9.94. The number of piperidine rings is 1. The van der Waals surface area contributed by atoms with Crippen LogP contribution in [-0.4, -0.2) is 41.5 Å². The summed E-state index contributed by atoms with van der Waals surface area (Å²) in [7, 11) is 0.